The second-order valence-electron chi connectivity index (χ2n) is 2.21. The molecule has 1 nitrogen and oxygen atoms in total. The molecule has 1 aromatic carbocycles. The predicted octanol–water partition coefficient (Wildman–Crippen LogP) is 2.02. The van der Waals surface area contributed by atoms with Gasteiger partial charge in [0.05, 0.1) is 0 Å². The summed E-state index contributed by atoms with van der Waals surface area (Å²) in [4.78, 5) is 0.708. The zero-order valence-corrected chi connectivity index (χ0v) is 7.20. The molecule has 0 saturated heterocycles. The Morgan fingerprint density at radius 2 is 2.00 bits per heavy atom. The van der Waals surface area contributed by atoms with Gasteiger partial charge in [-0.2, -0.15) is 0 Å². The number of nitrogens with two attached hydrogens (primary N) is 1. The first kappa shape index (κ1) is 9.48. The van der Waals surface area contributed by atoms with Gasteiger partial charge in [0.15, 0.2) is 11.6 Å². The summed E-state index contributed by atoms with van der Waals surface area (Å²) >= 11 is 1.41. The fourth-order valence-corrected chi connectivity index (χ4v) is 1.45. The highest BCUT2D eigenvalue weighted by atomic mass is 32.2. The van der Waals surface area contributed by atoms with Crippen molar-refractivity contribution in [3.05, 3.63) is 29.8 Å². The van der Waals surface area contributed by atoms with E-state index in [1.54, 1.807) is 6.07 Å². The Kier molecular flexibility index (Phi) is 3.49. The molecule has 0 unspecified atom stereocenters. The molecule has 0 atom stereocenters. The summed E-state index contributed by atoms with van der Waals surface area (Å²) in [5.41, 5.74) is 5.26. The first-order chi connectivity index (χ1) is 5.74. The molecular weight excluding hydrogens is 180 g/mol. The van der Waals surface area contributed by atoms with Gasteiger partial charge in [0, 0.05) is 17.2 Å². The van der Waals surface area contributed by atoms with Gasteiger partial charge in [-0.05, 0) is 18.2 Å². The lowest BCUT2D eigenvalue weighted by atomic mass is 10.3. The summed E-state index contributed by atoms with van der Waals surface area (Å²) in [6.45, 7) is 0.531. The molecule has 0 aliphatic heterocycles. The molecule has 4 heteroatoms. The third kappa shape index (κ3) is 2.46. The first-order valence-corrected chi connectivity index (χ1v) is 4.50. The molecule has 66 valence electrons. The minimum absolute atomic E-state index is 0.531. The third-order valence-corrected chi connectivity index (χ3v) is 2.30. The number of thioether (sulfide) groups is 1. The van der Waals surface area contributed by atoms with Crippen LogP contribution in [0.4, 0.5) is 8.78 Å². The summed E-state index contributed by atoms with van der Waals surface area (Å²) in [6, 6.07) is 3.84. The van der Waals surface area contributed by atoms with Crippen molar-refractivity contribution in [2.45, 2.75) is 4.90 Å². The van der Waals surface area contributed by atoms with E-state index >= 15 is 0 Å². The minimum atomic E-state index is -0.813. The van der Waals surface area contributed by atoms with E-state index in [1.165, 1.54) is 17.8 Å². The second-order valence-corrected chi connectivity index (χ2v) is 3.38. The Bertz CT molecular complexity index is 265. The van der Waals surface area contributed by atoms with Crippen molar-refractivity contribution < 1.29 is 8.78 Å². The molecule has 0 radical (unpaired) electrons. The van der Waals surface area contributed by atoms with Crippen LogP contribution < -0.4 is 5.73 Å². The minimum Gasteiger partial charge on any atom is -0.330 e. The van der Waals surface area contributed by atoms with Crippen molar-refractivity contribution >= 4 is 11.8 Å². The van der Waals surface area contributed by atoms with E-state index in [9.17, 15) is 8.78 Å². The summed E-state index contributed by atoms with van der Waals surface area (Å²) in [5.74, 6) is -0.908. The lowest BCUT2D eigenvalue weighted by Gasteiger charge is -1.99. The standard InChI is InChI=1S/C8H9F2NS/c9-7-2-1-6(5-8(7)10)12-4-3-11/h1-2,5H,3-4,11H2. The van der Waals surface area contributed by atoms with Gasteiger partial charge in [0.1, 0.15) is 0 Å². The molecule has 0 fully saturated rings. The van der Waals surface area contributed by atoms with Gasteiger partial charge in [-0.1, -0.05) is 0 Å². The average molecular weight is 189 g/mol. The lowest BCUT2D eigenvalue weighted by molar-refractivity contribution is 0.506. The van der Waals surface area contributed by atoms with E-state index in [2.05, 4.69) is 0 Å². The molecule has 2 N–H and O–H groups in total. The van der Waals surface area contributed by atoms with Crippen LogP contribution in [0.3, 0.4) is 0 Å². The van der Waals surface area contributed by atoms with E-state index in [0.29, 0.717) is 17.2 Å². The molecule has 1 aromatic rings. The van der Waals surface area contributed by atoms with Gasteiger partial charge in [-0.15, -0.1) is 11.8 Å². The van der Waals surface area contributed by atoms with Crippen molar-refractivity contribution in [2.24, 2.45) is 5.73 Å². The molecule has 0 spiro atoms. The monoisotopic (exact) mass is 189 g/mol. The largest absolute Gasteiger partial charge is 0.330 e. The van der Waals surface area contributed by atoms with E-state index in [4.69, 9.17) is 5.73 Å². The highest BCUT2D eigenvalue weighted by molar-refractivity contribution is 7.99. The molecule has 0 aliphatic rings. The number of halogens is 2. The smallest absolute Gasteiger partial charge is 0.159 e. The molecule has 0 aromatic heterocycles. The fourth-order valence-electron chi connectivity index (χ4n) is 0.743. The summed E-state index contributed by atoms with van der Waals surface area (Å²) in [5, 5.41) is 0. The second kappa shape index (κ2) is 4.42. The fraction of sp³-hybridized carbons (Fsp3) is 0.250. The van der Waals surface area contributed by atoms with Crippen LogP contribution in [-0.4, -0.2) is 12.3 Å². The number of benzene rings is 1. The van der Waals surface area contributed by atoms with E-state index in [0.717, 1.165) is 6.07 Å². The Labute approximate surface area is 74.0 Å². The topological polar surface area (TPSA) is 26.0 Å². The van der Waals surface area contributed by atoms with Crippen LogP contribution in [0.5, 0.6) is 0 Å². The van der Waals surface area contributed by atoms with Gasteiger partial charge in [0.25, 0.3) is 0 Å². The van der Waals surface area contributed by atoms with Crippen LogP contribution in [-0.2, 0) is 0 Å². The maximum Gasteiger partial charge on any atom is 0.159 e. The zero-order valence-electron chi connectivity index (χ0n) is 6.39. The Morgan fingerprint density at radius 1 is 1.25 bits per heavy atom. The highest BCUT2D eigenvalue weighted by Crippen LogP contribution is 2.19. The maximum absolute atomic E-state index is 12.6. The number of rotatable bonds is 3. The van der Waals surface area contributed by atoms with Crippen LogP contribution in [0.2, 0.25) is 0 Å². The Morgan fingerprint density at radius 3 is 2.58 bits per heavy atom. The van der Waals surface area contributed by atoms with Crippen LogP contribution in [0, 0.1) is 11.6 Å². The molecule has 12 heavy (non-hydrogen) atoms. The average Bonchev–Trinajstić information content (AvgIpc) is 2.07. The van der Waals surface area contributed by atoms with Gasteiger partial charge in [0.2, 0.25) is 0 Å². The van der Waals surface area contributed by atoms with Crippen LogP contribution >= 0.6 is 11.8 Å². The van der Waals surface area contributed by atoms with Gasteiger partial charge in [-0.3, -0.25) is 0 Å². The summed E-state index contributed by atoms with van der Waals surface area (Å²) in [6.07, 6.45) is 0. The van der Waals surface area contributed by atoms with Crippen molar-refractivity contribution in [2.75, 3.05) is 12.3 Å². The van der Waals surface area contributed by atoms with Gasteiger partial charge < -0.3 is 5.73 Å². The molecule has 0 bridgehead atoms. The van der Waals surface area contributed by atoms with Crippen LogP contribution in [0.15, 0.2) is 23.1 Å². The molecule has 0 amide bonds. The van der Waals surface area contributed by atoms with Gasteiger partial charge >= 0.3 is 0 Å². The summed E-state index contributed by atoms with van der Waals surface area (Å²) < 4.78 is 25.0. The number of hydrogen-bond donors (Lipinski definition) is 1. The van der Waals surface area contributed by atoms with Crippen molar-refractivity contribution in [3.63, 3.8) is 0 Å². The maximum atomic E-state index is 12.6. The lowest BCUT2D eigenvalue weighted by Crippen LogP contribution is -2.00. The van der Waals surface area contributed by atoms with E-state index < -0.39 is 11.6 Å². The van der Waals surface area contributed by atoms with Crippen LogP contribution in [0.25, 0.3) is 0 Å². The van der Waals surface area contributed by atoms with Crippen molar-refractivity contribution in [1.29, 1.82) is 0 Å². The SMILES string of the molecule is NCCSc1ccc(F)c(F)c1. The van der Waals surface area contributed by atoms with E-state index in [1.807, 2.05) is 0 Å². The first-order valence-electron chi connectivity index (χ1n) is 3.52. The van der Waals surface area contributed by atoms with Gasteiger partial charge in [-0.25, -0.2) is 8.78 Å². The molecular formula is C8H9F2NS. The molecule has 0 aliphatic carbocycles. The quantitative estimate of drug-likeness (QED) is 0.736. The predicted molar refractivity (Wildman–Crippen MR) is 46.1 cm³/mol. The molecule has 1 rings (SSSR count). The Hall–Kier alpha value is -0.610. The van der Waals surface area contributed by atoms with E-state index in [-0.39, 0.29) is 0 Å². The van der Waals surface area contributed by atoms with Crippen LogP contribution in [0.1, 0.15) is 0 Å². The molecule has 0 heterocycles. The highest BCUT2D eigenvalue weighted by Gasteiger charge is 2.01. The summed E-state index contributed by atoms with van der Waals surface area (Å²) in [7, 11) is 0. The normalized spacial score (nSPS) is 10.2. The zero-order chi connectivity index (χ0) is 8.97. The van der Waals surface area contributed by atoms with Crippen molar-refractivity contribution in [1.82, 2.24) is 0 Å². The third-order valence-electron chi connectivity index (χ3n) is 1.28. The molecule has 0 saturated carbocycles. The number of hydrogen-bond acceptors (Lipinski definition) is 2. The Balaban J connectivity index is 2.69. The van der Waals surface area contributed by atoms with Crippen molar-refractivity contribution in [3.8, 4) is 0 Å².